The minimum atomic E-state index is 0.0952. The Balaban J connectivity index is 2.07. The summed E-state index contributed by atoms with van der Waals surface area (Å²) in [5.41, 5.74) is 8.16. The number of furan rings is 1. The summed E-state index contributed by atoms with van der Waals surface area (Å²) in [6, 6.07) is 12.0. The van der Waals surface area contributed by atoms with Crippen LogP contribution in [0.15, 0.2) is 52.1 Å². The molecular weight excluding hydrogens is 288 g/mol. The number of benzene rings is 1. The second kappa shape index (κ2) is 8.39. The molecule has 0 fully saturated rings. The Bertz CT molecular complexity index is 618. The summed E-state index contributed by atoms with van der Waals surface area (Å²) in [4.78, 5) is 6.81. The quantitative estimate of drug-likeness (QED) is 0.607. The molecule has 0 aliphatic heterocycles. The molecule has 2 rings (SSSR count). The predicted octanol–water partition coefficient (Wildman–Crippen LogP) is 3.40. The fourth-order valence-electron chi connectivity index (χ4n) is 2.63. The molecule has 0 amide bonds. The number of nitrogens with one attached hydrogen (secondary N) is 1. The number of nitrogens with zero attached hydrogens (tertiary/aromatic N) is 2. The lowest BCUT2D eigenvalue weighted by molar-refractivity contribution is 0.198. The van der Waals surface area contributed by atoms with Crippen LogP contribution in [0.4, 0.5) is 5.69 Å². The molecule has 1 heterocycles. The molecular formula is C18H26N4O. The molecule has 5 heteroatoms. The van der Waals surface area contributed by atoms with Gasteiger partial charge < -0.3 is 15.5 Å². The average Bonchev–Trinajstić information content (AvgIpc) is 3.05. The normalized spacial score (nSPS) is 13.3. The lowest BCUT2D eigenvalue weighted by atomic mass is 10.2. The van der Waals surface area contributed by atoms with Gasteiger partial charge in [-0.1, -0.05) is 26.0 Å². The van der Waals surface area contributed by atoms with Crippen molar-refractivity contribution in [2.24, 2.45) is 10.7 Å². The molecule has 1 atom stereocenters. The van der Waals surface area contributed by atoms with E-state index in [-0.39, 0.29) is 6.04 Å². The van der Waals surface area contributed by atoms with Crippen LogP contribution in [-0.2, 0) is 0 Å². The first-order valence-corrected chi connectivity index (χ1v) is 8.05. The van der Waals surface area contributed by atoms with Crippen molar-refractivity contribution >= 4 is 11.6 Å². The highest BCUT2D eigenvalue weighted by Crippen LogP contribution is 2.21. The van der Waals surface area contributed by atoms with Crippen molar-refractivity contribution in [1.29, 1.82) is 0 Å². The maximum atomic E-state index is 6.03. The van der Waals surface area contributed by atoms with E-state index in [9.17, 15) is 0 Å². The number of likely N-dealkylation sites (N-methyl/N-ethyl adjacent to an activating group) is 1. The van der Waals surface area contributed by atoms with Gasteiger partial charge >= 0.3 is 0 Å². The molecule has 2 aromatic rings. The average molecular weight is 314 g/mol. The predicted molar refractivity (Wildman–Crippen MR) is 95.7 cm³/mol. The van der Waals surface area contributed by atoms with Gasteiger partial charge in [0.05, 0.1) is 18.8 Å². The van der Waals surface area contributed by atoms with E-state index in [0.717, 1.165) is 24.5 Å². The number of aliphatic imine (C=N–C) groups is 1. The van der Waals surface area contributed by atoms with Gasteiger partial charge in [0.2, 0.25) is 0 Å². The lowest BCUT2D eigenvalue weighted by Crippen LogP contribution is -2.31. The van der Waals surface area contributed by atoms with Crippen LogP contribution in [0.5, 0.6) is 0 Å². The first-order valence-electron chi connectivity index (χ1n) is 8.05. The smallest absolute Gasteiger partial charge is 0.193 e. The van der Waals surface area contributed by atoms with Gasteiger partial charge in [0.1, 0.15) is 5.76 Å². The van der Waals surface area contributed by atoms with Crippen molar-refractivity contribution in [3.05, 3.63) is 54.0 Å². The van der Waals surface area contributed by atoms with Crippen molar-refractivity contribution in [2.75, 3.05) is 25.0 Å². The molecule has 23 heavy (non-hydrogen) atoms. The minimum absolute atomic E-state index is 0.0952. The van der Waals surface area contributed by atoms with Crippen LogP contribution >= 0.6 is 0 Å². The van der Waals surface area contributed by atoms with E-state index in [1.807, 2.05) is 43.3 Å². The van der Waals surface area contributed by atoms with Gasteiger partial charge in [0.15, 0.2) is 5.96 Å². The van der Waals surface area contributed by atoms with Crippen LogP contribution in [0.3, 0.4) is 0 Å². The van der Waals surface area contributed by atoms with E-state index in [4.69, 9.17) is 10.2 Å². The zero-order valence-corrected chi connectivity index (χ0v) is 14.1. The second-order valence-electron chi connectivity index (χ2n) is 5.47. The second-order valence-corrected chi connectivity index (χ2v) is 5.47. The van der Waals surface area contributed by atoms with Crippen molar-refractivity contribution < 1.29 is 4.42 Å². The Kier molecular flexibility index (Phi) is 6.23. The third-order valence-electron chi connectivity index (χ3n) is 3.85. The zero-order chi connectivity index (χ0) is 16.7. The minimum Gasteiger partial charge on any atom is -0.468 e. The Hall–Kier alpha value is -2.27. The summed E-state index contributed by atoms with van der Waals surface area (Å²) in [7, 11) is 0. The molecule has 5 nitrogen and oxygen atoms in total. The van der Waals surface area contributed by atoms with Crippen LogP contribution < -0.4 is 11.1 Å². The van der Waals surface area contributed by atoms with Crippen molar-refractivity contribution in [2.45, 2.75) is 26.8 Å². The van der Waals surface area contributed by atoms with Crippen molar-refractivity contribution in [1.82, 2.24) is 4.90 Å². The SMILES string of the molecule is CCN(CC)C(CN=C(N)Nc1cccc(C)c1)c1ccco1. The van der Waals surface area contributed by atoms with Gasteiger partial charge in [0, 0.05) is 5.69 Å². The molecule has 124 valence electrons. The highest BCUT2D eigenvalue weighted by molar-refractivity contribution is 5.92. The van der Waals surface area contributed by atoms with Gasteiger partial charge in [-0.3, -0.25) is 9.89 Å². The Morgan fingerprint density at radius 1 is 1.26 bits per heavy atom. The van der Waals surface area contributed by atoms with Gasteiger partial charge in [-0.05, 0) is 49.8 Å². The summed E-state index contributed by atoms with van der Waals surface area (Å²) < 4.78 is 5.57. The molecule has 0 spiro atoms. The third kappa shape index (κ3) is 4.86. The summed E-state index contributed by atoms with van der Waals surface area (Å²) in [5.74, 6) is 1.33. The molecule has 0 bridgehead atoms. The Morgan fingerprint density at radius 2 is 2.04 bits per heavy atom. The number of hydrogen-bond donors (Lipinski definition) is 2. The van der Waals surface area contributed by atoms with Gasteiger partial charge in [-0.2, -0.15) is 0 Å². The van der Waals surface area contributed by atoms with Crippen molar-refractivity contribution in [3.63, 3.8) is 0 Å². The number of nitrogens with two attached hydrogens (primary N) is 1. The van der Waals surface area contributed by atoms with E-state index in [1.165, 1.54) is 5.56 Å². The molecule has 0 saturated carbocycles. The molecule has 0 radical (unpaired) electrons. The molecule has 0 aliphatic carbocycles. The maximum absolute atomic E-state index is 6.03. The van der Waals surface area contributed by atoms with Crippen LogP contribution in [-0.4, -0.2) is 30.5 Å². The molecule has 3 N–H and O–H groups in total. The summed E-state index contributed by atoms with van der Waals surface area (Å²) in [6.07, 6.45) is 1.70. The molecule has 0 aliphatic rings. The first-order chi connectivity index (χ1) is 11.1. The number of hydrogen-bond acceptors (Lipinski definition) is 3. The Labute approximate surface area is 138 Å². The van der Waals surface area contributed by atoms with Gasteiger partial charge in [-0.25, -0.2) is 0 Å². The largest absolute Gasteiger partial charge is 0.468 e. The highest BCUT2D eigenvalue weighted by Gasteiger charge is 2.20. The van der Waals surface area contributed by atoms with Gasteiger partial charge in [0.25, 0.3) is 0 Å². The van der Waals surface area contributed by atoms with E-state index in [1.54, 1.807) is 6.26 Å². The maximum Gasteiger partial charge on any atom is 0.193 e. The number of aryl methyl sites for hydroxylation is 1. The number of guanidine groups is 1. The summed E-state index contributed by atoms with van der Waals surface area (Å²) in [5, 5.41) is 3.14. The van der Waals surface area contributed by atoms with E-state index in [0.29, 0.717) is 12.5 Å². The molecule has 1 unspecified atom stereocenters. The first kappa shape index (κ1) is 17.1. The Morgan fingerprint density at radius 3 is 2.65 bits per heavy atom. The van der Waals surface area contributed by atoms with Gasteiger partial charge in [-0.15, -0.1) is 0 Å². The highest BCUT2D eigenvalue weighted by atomic mass is 16.3. The monoisotopic (exact) mass is 314 g/mol. The summed E-state index contributed by atoms with van der Waals surface area (Å²) in [6.45, 7) is 8.74. The van der Waals surface area contributed by atoms with Crippen LogP contribution in [0.25, 0.3) is 0 Å². The molecule has 0 saturated heterocycles. The topological polar surface area (TPSA) is 66.8 Å². The van der Waals surface area contributed by atoms with Crippen LogP contribution in [0, 0.1) is 6.92 Å². The van der Waals surface area contributed by atoms with Crippen molar-refractivity contribution in [3.8, 4) is 0 Å². The summed E-state index contributed by atoms with van der Waals surface area (Å²) >= 11 is 0. The third-order valence-corrected chi connectivity index (χ3v) is 3.85. The van der Waals surface area contributed by atoms with E-state index < -0.39 is 0 Å². The number of rotatable bonds is 7. The van der Waals surface area contributed by atoms with Crippen LogP contribution in [0.2, 0.25) is 0 Å². The van der Waals surface area contributed by atoms with E-state index in [2.05, 4.69) is 29.1 Å². The fourth-order valence-corrected chi connectivity index (χ4v) is 2.63. The van der Waals surface area contributed by atoms with E-state index >= 15 is 0 Å². The standard InChI is InChI=1S/C18H26N4O/c1-4-22(5-2)16(17-10-7-11-23-17)13-20-18(19)21-15-9-6-8-14(3)12-15/h6-12,16H,4-5,13H2,1-3H3,(H3,19,20,21). The molecule has 1 aromatic heterocycles. The number of anilines is 1. The lowest BCUT2D eigenvalue weighted by Gasteiger charge is -2.26. The zero-order valence-electron chi connectivity index (χ0n) is 14.1. The molecule has 1 aromatic carbocycles. The fraction of sp³-hybridized carbons (Fsp3) is 0.389. The van der Waals surface area contributed by atoms with Crippen LogP contribution in [0.1, 0.15) is 31.2 Å².